The molecule has 0 aromatic heterocycles. The number of rotatable bonds is 2. The van der Waals surface area contributed by atoms with Crippen LogP contribution in [-0.2, 0) is 0 Å². The predicted octanol–water partition coefficient (Wildman–Crippen LogP) is 1.27. The summed E-state index contributed by atoms with van der Waals surface area (Å²) in [6, 6.07) is 1.63. The van der Waals surface area contributed by atoms with Crippen molar-refractivity contribution in [2.24, 2.45) is 0 Å². The summed E-state index contributed by atoms with van der Waals surface area (Å²) >= 11 is 0. The standard InChI is InChI=1S/C10H20N2/c1-2-6-11-9(4-1)8-10-5-3-7-12-10/h9-12H,1-8H2/t9?,10-/m0/s1. The van der Waals surface area contributed by atoms with Crippen molar-refractivity contribution in [3.05, 3.63) is 0 Å². The van der Waals surface area contributed by atoms with Crippen LogP contribution in [0.15, 0.2) is 0 Å². The normalized spacial score (nSPS) is 37.0. The van der Waals surface area contributed by atoms with Crippen LogP contribution < -0.4 is 10.6 Å². The zero-order valence-electron chi connectivity index (χ0n) is 7.81. The Labute approximate surface area is 75.1 Å². The highest BCUT2D eigenvalue weighted by Gasteiger charge is 2.20. The van der Waals surface area contributed by atoms with E-state index in [1.807, 2.05) is 0 Å². The summed E-state index contributed by atoms with van der Waals surface area (Å²) in [4.78, 5) is 0. The van der Waals surface area contributed by atoms with Crippen molar-refractivity contribution < 1.29 is 0 Å². The minimum absolute atomic E-state index is 0.814. The van der Waals surface area contributed by atoms with Crippen LogP contribution in [0.1, 0.15) is 38.5 Å². The quantitative estimate of drug-likeness (QED) is 0.649. The molecule has 2 heterocycles. The molecule has 2 aliphatic heterocycles. The third-order valence-corrected chi connectivity index (χ3v) is 3.14. The minimum Gasteiger partial charge on any atom is -0.314 e. The van der Waals surface area contributed by atoms with E-state index in [4.69, 9.17) is 0 Å². The van der Waals surface area contributed by atoms with E-state index in [-0.39, 0.29) is 0 Å². The predicted molar refractivity (Wildman–Crippen MR) is 51.3 cm³/mol. The number of piperidine rings is 1. The van der Waals surface area contributed by atoms with Crippen molar-refractivity contribution in [2.75, 3.05) is 13.1 Å². The van der Waals surface area contributed by atoms with Crippen LogP contribution in [0.5, 0.6) is 0 Å². The zero-order valence-corrected chi connectivity index (χ0v) is 7.81. The summed E-state index contributed by atoms with van der Waals surface area (Å²) in [5.41, 5.74) is 0. The molecular weight excluding hydrogens is 148 g/mol. The van der Waals surface area contributed by atoms with E-state index < -0.39 is 0 Å². The second kappa shape index (κ2) is 4.24. The molecule has 2 N–H and O–H groups in total. The largest absolute Gasteiger partial charge is 0.314 e. The van der Waals surface area contributed by atoms with Gasteiger partial charge < -0.3 is 10.6 Å². The van der Waals surface area contributed by atoms with Gasteiger partial charge in [-0.05, 0) is 45.2 Å². The fourth-order valence-electron chi connectivity index (χ4n) is 2.43. The van der Waals surface area contributed by atoms with Gasteiger partial charge in [0.1, 0.15) is 0 Å². The molecule has 2 saturated heterocycles. The highest BCUT2D eigenvalue weighted by Crippen LogP contribution is 2.16. The van der Waals surface area contributed by atoms with Crippen LogP contribution in [-0.4, -0.2) is 25.2 Å². The molecule has 2 heteroatoms. The van der Waals surface area contributed by atoms with Gasteiger partial charge in [0, 0.05) is 12.1 Å². The van der Waals surface area contributed by atoms with Gasteiger partial charge in [-0.2, -0.15) is 0 Å². The molecule has 0 saturated carbocycles. The van der Waals surface area contributed by atoms with Crippen LogP contribution in [0.4, 0.5) is 0 Å². The van der Waals surface area contributed by atoms with E-state index in [9.17, 15) is 0 Å². The maximum absolute atomic E-state index is 3.61. The van der Waals surface area contributed by atoms with Crippen molar-refractivity contribution in [1.29, 1.82) is 0 Å². The molecule has 0 aromatic rings. The van der Waals surface area contributed by atoms with Gasteiger partial charge in [0.15, 0.2) is 0 Å². The van der Waals surface area contributed by atoms with Gasteiger partial charge in [0.05, 0.1) is 0 Å². The lowest BCUT2D eigenvalue weighted by Crippen LogP contribution is -2.38. The van der Waals surface area contributed by atoms with Gasteiger partial charge in [-0.25, -0.2) is 0 Å². The molecule has 0 amide bonds. The molecule has 2 nitrogen and oxygen atoms in total. The fourth-order valence-corrected chi connectivity index (χ4v) is 2.43. The van der Waals surface area contributed by atoms with Gasteiger partial charge in [-0.3, -0.25) is 0 Å². The van der Waals surface area contributed by atoms with Crippen LogP contribution in [0.3, 0.4) is 0 Å². The summed E-state index contributed by atoms with van der Waals surface area (Å²) in [6.45, 7) is 2.49. The molecule has 0 aliphatic carbocycles. The lowest BCUT2D eigenvalue weighted by atomic mass is 9.97. The summed E-state index contributed by atoms with van der Waals surface area (Å²) in [5, 5.41) is 7.17. The third kappa shape index (κ3) is 2.20. The summed E-state index contributed by atoms with van der Waals surface area (Å²) in [6.07, 6.45) is 8.37. The lowest BCUT2D eigenvalue weighted by Gasteiger charge is -2.25. The van der Waals surface area contributed by atoms with Gasteiger partial charge in [0.25, 0.3) is 0 Å². The molecule has 2 rings (SSSR count). The molecule has 2 atom stereocenters. The van der Waals surface area contributed by atoms with Gasteiger partial charge in [-0.15, -0.1) is 0 Å². The second-order valence-electron chi connectivity index (χ2n) is 4.18. The molecule has 0 spiro atoms. The Kier molecular flexibility index (Phi) is 3.01. The van der Waals surface area contributed by atoms with Gasteiger partial charge >= 0.3 is 0 Å². The first-order valence-corrected chi connectivity index (χ1v) is 5.42. The SMILES string of the molecule is C1CCC(C[C@@H]2CCCN2)NC1. The van der Waals surface area contributed by atoms with E-state index >= 15 is 0 Å². The van der Waals surface area contributed by atoms with Gasteiger partial charge in [0.2, 0.25) is 0 Å². The van der Waals surface area contributed by atoms with Crippen LogP contribution in [0.25, 0.3) is 0 Å². The van der Waals surface area contributed by atoms with Crippen LogP contribution in [0.2, 0.25) is 0 Å². The number of nitrogens with one attached hydrogen (secondary N) is 2. The minimum atomic E-state index is 0.814. The van der Waals surface area contributed by atoms with Crippen molar-refractivity contribution in [3.63, 3.8) is 0 Å². The lowest BCUT2D eigenvalue weighted by molar-refractivity contribution is 0.350. The Morgan fingerprint density at radius 3 is 2.08 bits per heavy atom. The summed E-state index contributed by atoms with van der Waals surface area (Å²) < 4.78 is 0. The average molecular weight is 168 g/mol. The molecular formula is C10H20N2. The van der Waals surface area contributed by atoms with Crippen molar-refractivity contribution in [1.82, 2.24) is 10.6 Å². The van der Waals surface area contributed by atoms with Crippen molar-refractivity contribution >= 4 is 0 Å². The molecule has 70 valence electrons. The van der Waals surface area contributed by atoms with Crippen molar-refractivity contribution in [3.8, 4) is 0 Å². The smallest absolute Gasteiger partial charge is 0.00823 e. The van der Waals surface area contributed by atoms with Crippen LogP contribution >= 0.6 is 0 Å². The van der Waals surface area contributed by atoms with E-state index in [0.717, 1.165) is 12.1 Å². The first-order chi connectivity index (χ1) is 5.95. The summed E-state index contributed by atoms with van der Waals surface area (Å²) in [5.74, 6) is 0. The Hall–Kier alpha value is -0.0800. The highest BCUT2D eigenvalue weighted by atomic mass is 15.0. The van der Waals surface area contributed by atoms with Crippen molar-refractivity contribution in [2.45, 2.75) is 50.6 Å². The Bertz CT molecular complexity index is 124. The van der Waals surface area contributed by atoms with Gasteiger partial charge in [-0.1, -0.05) is 6.42 Å². The Morgan fingerprint density at radius 2 is 1.50 bits per heavy atom. The zero-order chi connectivity index (χ0) is 8.23. The van der Waals surface area contributed by atoms with E-state index in [2.05, 4.69) is 10.6 Å². The molecule has 2 fully saturated rings. The maximum Gasteiger partial charge on any atom is 0.00823 e. The Balaban J connectivity index is 1.69. The topological polar surface area (TPSA) is 24.1 Å². The molecule has 0 aromatic carbocycles. The molecule has 0 radical (unpaired) electrons. The second-order valence-corrected chi connectivity index (χ2v) is 4.18. The average Bonchev–Trinajstić information content (AvgIpc) is 2.59. The molecule has 2 aliphatic rings. The van der Waals surface area contributed by atoms with Crippen LogP contribution in [0, 0.1) is 0 Å². The summed E-state index contributed by atoms with van der Waals surface area (Å²) in [7, 11) is 0. The number of hydrogen-bond acceptors (Lipinski definition) is 2. The third-order valence-electron chi connectivity index (χ3n) is 3.14. The van der Waals surface area contributed by atoms with E-state index in [0.29, 0.717) is 0 Å². The molecule has 0 bridgehead atoms. The maximum atomic E-state index is 3.61. The first kappa shape index (κ1) is 8.52. The van der Waals surface area contributed by atoms with E-state index in [1.165, 1.54) is 51.6 Å². The Morgan fingerprint density at radius 1 is 0.833 bits per heavy atom. The molecule has 12 heavy (non-hydrogen) atoms. The monoisotopic (exact) mass is 168 g/mol. The highest BCUT2D eigenvalue weighted by molar-refractivity contribution is 4.82. The first-order valence-electron chi connectivity index (χ1n) is 5.42. The number of hydrogen-bond donors (Lipinski definition) is 2. The van der Waals surface area contributed by atoms with E-state index in [1.54, 1.807) is 0 Å². The fraction of sp³-hybridized carbons (Fsp3) is 1.00. The molecule has 1 unspecified atom stereocenters.